The third-order valence-corrected chi connectivity index (χ3v) is 6.51. The van der Waals surface area contributed by atoms with E-state index in [0.717, 1.165) is 10.8 Å². The molecule has 0 unspecified atom stereocenters. The van der Waals surface area contributed by atoms with Crippen molar-refractivity contribution in [1.82, 2.24) is 10.3 Å². The highest BCUT2D eigenvalue weighted by Gasteiger charge is 2.61. The van der Waals surface area contributed by atoms with Crippen molar-refractivity contribution < 1.29 is 23.8 Å². The molecule has 0 spiro atoms. The molecule has 1 aliphatic carbocycles. The van der Waals surface area contributed by atoms with Gasteiger partial charge in [0.05, 0.1) is 25.2 Å². The highest BCUT2D eigenvalue weighted by atomic mass is 35.5. The van der Waals surface area contributed by atoms with E-state index in [-0.39, 0.29) is 36.2 Å². The highest BCUT2D eigenvalue weighted by Crippen LogP contribution is 2.57. The van der Waals surface area contributed by atoms with Crippen LogP contribution in [0.2, 0.25) is 5.15 Å². The monoisotopic (exact) mass is 458 g/mol. The molecule has 0 amide bonds. The molecule has 2 aromatic rings. The molecule has 1 saturated heterocycles. The number of Topliss-reactive ketones (excluding diaryl/α,β-unsaturated/α-hetero) is 1. The third-order valence-electron chi connectivity index (χ3n) is 6.32. The zero-order valence-electron chi connectivity index (χ0n) is 18.2. The predicted octanol–water partition coefficient (Wildman–Crippen LogP) is 3.72. The largest absolute Gasteiger partial charge is 0.497 e. The Balaban J connectivity index is 1.43. The van der Waals surface area contributed by atoms with Gasteiger partial charge in [-0.1, -0.05) is 17.7 Å². The number of ether oxygens (including phenoxy) is 3. The Kier molecular flexibility index (Phi) is 6.40. The van der Waals surface area contributed by atoms with Gasteiger partial charge in [-0.25, -0.2) is 4.98 Å². The molecule has 8 heteroatoms. The van der Waals surface area contributed by atoms with Crippen LogP contribution in [-0.4, -0.2) is 49.1 Å². The predicted molar refractivity (Wildman–Crippen MR) is 121 cm³/mol. The normalized spacial score (nSPS) is 26.5. The lowest BCUT2D eigenvalue weighted by Crippen LogP contribution is -2.35. The molecule has 1 aromatic carbocycles. The number of carbonyl (C=O) groups excluding carboxylic acids is 2. The minimum atomic E-state index is -0.765. The van der Waals surface area contributed by atoms with Crippen LogP contribution in [0.4, 0.5) is 0 Å². The molecule has 1 aromatic heterocycles. The van der Waals surface area contributed by atoms with Crippen molar-refractivity contribution in [2.45, 2.75) is 38.3 Å². The molecule has 1 saturated carbocycles. The fourth-order valence-electron chi connectivity index (χ4n) is 4.45. The van der Waals surface area contributed by atoms with Gasteiger partial charge in [-0.2, -0.15) is 0 Å². The summed E-state index contributed by atoms with van der Waals surface area (Å²) in [7, 11) is 1.60. The number of carbonyl (C=O) groups is 2. The van der Waals surface area contributed by atoms with Crippen molar-refractivity contribution in [1.29, 1.82) is 0 Å². The molecule has 2 aliphatic rings. The number of aromatic nitrogens is 1. The summed E-state index contributed by atoms with van der Waals surface area (Å²) in [5.41, 5.74) is -0.765. The van der Waals surface area contributed by atoms with Gasteiger partial charge in [-0.05, 0) is 48.9 Å². The number of benzene rings is 1. The second kappa shape index (κ2) is 9.08. The number of methoxy groups -OCH3 is 1. The van der Waals surface area contributed by atoms with E-state index in [0.29, 0.717) is 42.8 Å². The number of nitrogens with zero attached hydrogens (tertiary/aromatic N) is 1. The van der Waals surface area contributed by atoms with Crippen molar-refractivity contribution in [3.05, 3.63) is 42.1 Å². The molecule has 4 rings (SSSR count). The number of fused-ring (bicyclic) bond motifs is 1. The zero-order chi connectivity index (χ0) is 22.9. The number of rotatable bonds is 9. The number of halogens is 1. The lowest BCUT2D eigenvalue weighted by atomic mass is 9.92. The molecule has 7 nitrogen and oxygen atoms in total. The number of nitrogens with one attached hydrogen (secondary N) is 1. The summed E-state index contributed by atoms with van der Waals surface area (Å²) in [4.78, 5) is 29.8. The van der Waals surface area contributed by atoms with Crippen LogP contribution in [0.5, 0.6) is 11.6 Å². The molecule has 32 heavy (non-hydrogen) atoms. The van der Waals surface area contributed by atoms with Crippen LogP contribution in [-0.2, 0) is 14.3 Å². The Morgan fingerprint density at radius 2 is 2.19 bits per heavy atom. The molecule has 2 heterocycles. The van der Waals surface area contributed by atoms with E-state index in [1.54, 1.807) is 26.2 Å². The lowest BCUT2D eigenvalue weighted by Gasteiger charge is -2.17. The maximum absolute atomic E-state index is 13.0. The molecule has 0 bridgehead atoms. The van der Waals surface area contributed by atoms with Gasteiger partial charge >= 0.3 is 5.97 Å². The van der Waals surface area contributed by atoms with E-state index in [1.165, 1.54) is 0 Å². The zero-order valence-corrected chi connectivity index (χ0v) is 19.0. The van der Waals surface area contributed by atoms with Gasteiger partial charge in [0, 0.05) is 24.8 Å². The molecule has 0 radical (unpaired) electrons. The molecule has 4 atom stereocenters. The first-order chi connectivity index (χ1) is 15.4. The molecule has 1 aliphatic heterocycles. The summed E-state index contributed by atoms with van der Waals surface area (Å²) >= 11 is 6.19. The van der Waals surface area contributed by atoms with Crippen molar-refractivity contribution >= 4 is 34.1 Å². The summed E-state index contributed by atoms with van der Waals surface area (Å²) in [6.45, 7) is 6.35. The van der Waals surface area contributed by atoms with Crippen LogP contribution >= 0.6 is 11.6 Å². The first-order valence-electron chi connectivity index (χ1n) is 10.8. The van der Waals surface area contributed by atoms with Crippen LogP contribution in [0, 0.1) is 11.3 Å². The van der Waals surface area contributed by atoms with Crippen LogP contribution < -0.4 is 14.8 Å². The fourth-order valence-corrected chi connectivity index (χ4v) is 4.64. The standard InChI is InChI=1S/C24H27ClN2O5/c1-4-15-11-24(15,23(29)31-5-2)12-20(28)19-10-17(13-26-19)32-22-18-7-6-16(30-3)8-14(18)9-21(25)27-22/h4,6-9,15,17,19,26H,1,5,10-13H2,2-3H3/t15-,17-,19+,24-/m1/s1. The second-order valence-corrected chi connectivity index (χ2v) is 8.73. The lowest BCUT2D eigenvalue weighted by molar-refractivity contribution is -0.152. The second-order valence-electron chi connectivity index (χ2n) is 8.34. The quantitative estimate of drug-likeness (QED) is 0.348. The number of pyridine rings is 1. The number of hydrogen-bond acceptors (Lipinski definition) is 7. The van der Waals surface area contributed by atoms with E-state index >= 15 is 0 Å². The minimum absolute atomic E-state index is 0.0119. The summed E-state index contributed by atoms with van der Waals surface area (Å²) < 4.78 is 16.6. The molecule has 2 fully saturated rings. The molecular weight excluding hydrogens is 432 g/mol. The highest BCUT2D eigenvalue weighted by molar-refractivity contribution is 6.30. The number of esters is 1. The summed E-state index contributed by atoms with van der Waals surface area (Å²) in [6, 6.07) is 6.96. The molecule has 170 valence electrons. The Bertz CT molecular complexity index is 1060. The minimum Gasteiger partial charge on any atom is -0.497 e. The maximum Gasteiger partial charge on any atom is 0.313 e. The van der Waals surface area contributed by atoms with E-state index < -0.39 is 5.41 Å². The van der Waals surface area contributed by atoms with Crippen LogP contribution in [0.3, 0.4) is 0 Å². The number of allylic oxidation sites excluding steroid dienone is 1. The van der Waals surface area contributed by atoms with Crippen LogP contribution in [0.15, 0.2) is 36.9 Å². The van der Waals surface area contributed by atoms with Gasteiger partial charge in [-0.3, -0.25) is 9.59 Å². The first kappa shape index (κ1) is 22.6. The summed E-state index contributed by atoms with van der Waals surface area (Å²) in [6.07, 6.45) is 2.74. The Labute approximate surface area is 192 Å². The van der Waals surface area contributed by atoms with Gasteiger partial charge in [0.1, 0.15) is 17.0 Å². The Hall–Kier alpha value is -2.64. The smallest absolute Gasteiger partial charge is 0.313 e. The third kappa shape index (κ3) is 4.32. The number of hydrogen-bond donors (Lipinski definition) is 1. The SMILES string of the molecule is C=C[C@@H]1C[C@]1(CC(=O)[C@@H]1C[C@@H](Oc2nc(Cl)cc3cc(OC)ccc23)CN1)C(=O)OCC. The van der Waals surface area contributed by atoms with Gasteiger partial charge in [0.2, 0.25) is 5.88 Å². The van der Waals surface area contributed by atoms with E-state index in [4.69, 9.17) is 25.8 Å². The summed E-state index contributed by atoms with van der Waals surface area (Å²) in [5.74, 6) is 0.800. The maximum atomic E-state index is 13.0. The van der Waals surface area contributed by atoms with E-state index in [9.17, 15) is 9.59 Å². The van der Waals surface area contributed by atoms with Gasteiger partial charge in [0.25, 0.3) is 0 Å². The molecule has 1 N–H and O–H groups in total. The van der Waals surface area contributed by atoms with Gasteiger partial charge in [0.15, 0.2) is 5.78 Å². The van der Waals surface area contributed by atoms with Crippen molar-refractivity contribution in [2.75, 3.05) is 20.3 Å². The van der Waals surface area contributed by atoms with E-state index in [2.05, 4.69) is 16.9 Å². The Morgan fingerprint density at radius 1 is 1.38 bits per heavy atom. The average molecular weight is 459 g/mol. The number of ketones is 1. The first-order valence-corrected chi connectivity index (χ1v) is 11.1. The van der Waals surface area contributed by atoms with Crippen LogP contribution in [0.1, 0.15) is 26.2 Å². The van der Waals surface area contributed by atoms with Gasteiger partial charge < -0.3 is 19.5 Å². The Morgan fingerprint density at radius 3 is 2.88 bits per heavy atom. The molecular formula is C24H27ClN2O5. The fraction of sp³-hybridized carbons (Fsp3) is 0.458. The summed E-state index contributed by atoms with van der Waals surface area (Å²) in [5, 5.41) is 5.23. The van der Waals surface area contributed by atoms with Gasteiger partial charge in [-0.15, -0.1) is 6.58 Å². The van der Waals surface area contributed by atoms with E-state index in [1.807, 2.05) is 18.2 Å². The van der Waals surface area contributed by atoms with Crippen molar-refractivity contribution in [3.8, 4) is 11.6 Å². The van der Waals surface area contributed by atoms with Crippen molar-refractivity contribution in [2.24, 2.45) is 11.3 Å². The van der Waals surface area contributed by atoms with Crippen LogP contribution in [0.25, 0.3) is 10.8 Å². The average Bonchev–Trinajstić information content (AvgIpc) is 3.29. The van der Waals surface area contributed by atoms with Crippen molar-refractivity contribution in [3.63, 3.8) is 0 Å². The topological polar surface area (TPSA) is 86.8 Å².